The molecular formula is C57H36N6. The maximum Gasteiger partial charge on any atom is 0.166 e. The molecule has 0 amide bonds. The molecule has 0 atom stereocenters. The number of benzene rings is 9. The van der Waals surface area contributed by atoms with Gasteiger partial charge < -0.3 is 13.7 Å². The molecule has 6 heteroatoms. The number of hydrogen-bond donors (Lipinski definition) is 0. The highest BCUT2D eigenvalue weighted by Gasteiger charge is 2.25. The summed E-state index contributed by atoms with van der Waals surface area (Å²) in [7, 11) is 0. The first-order valence-corrected chi connectivity index (χ1v) is 21.3. The van der Waals surface area contributed by atoms with Gasteiger partial charge in [-0.1, -0.05) is 158 Å². The van der Waals surface area contributed by atoms with Crippen molar-refractivity contribution >= 4 is 65.4 Å². The molecule has 9 aromatic carbocycles. The smallest absolute Gasteiger partial charge is 0.166 e. The van der Waals surface area contributed by atoms with E-state index in [1.54, 1.807) is 0 Å². The zero-order chi connectivity index (χ0) is 41.4. The zero-order valence-electron chi connectivity index (χ0n) is 34.0. The van der Waals surface area contributed by atoms with Gasteiger partial charge in [0.1, 0.15) is 0 Å². The molecule has 6 nitrogen and oxygen atoms in total. The first-order chi connectivity index (χ1) is 31.3. The molecule has 294 valence electrons. The molecule has 0 saturated carbocycles. The number of para-hydroxylation sites is 5. The van der Waals surface area contributed by atoms with Gasteiger partial charge >= 0.3 is 0 Å². The lowest BCUT2D eigenvalue weighted by Gasteiger charge is -2.14. The van der Waals surface area contributed by atoms with Crippen LogP contribution in [0.2, 0.25) is 0 Å². The van der Waals surface area contributed by atoms with Crippen molar-refractivity contribution in [2.24, 2.45) is 0 Å². The van der Waals surface area contributed by atoms with Crippen molar-refractivity contribution in [2.75, 3.05) is 0 Å². The molecule has 63 heavy (non-hydrogen) atoms. The fourth-order valence-electron chi connectivity index (χ4n) is 9.78. The lowest BCUT2D eigenvalue weighted by atomic mass is 10.1. The van der Waals surface area contributed by atoms with Crippen molar-refractivity contribution in [3.63, 3.8) is 0 Å². The van der Waals surface area contributed by atoms with Gasteiger partial charge in [0, 0.05) is 66.1 Å². The van der Waals surface area contributed by atoms with Crippen molar-refractivity contribution in [3.05, 3.63) is 218 Å². The van der Waals surface area contributed by atoms with Crippen LogP contribution in [-0.4, -0.2) is 28.7 Å². The second-order valence-electron chi connectivity index (χ2n) is 16.0. The van der Waals surface area contributed by atoms with E-state index in [-0.39, 0.29) is 0 Å². The van der Waals surface area contributed by atoms with Crippen molar-refractivity contribution in [3.8, 4) is 51.2 Å². The van der Waals surface area contributed by atoms with Gasteiger partial charge in [-0.25, -0.2) is 15.0 Å². The van der Waals surface area contributed by atoms with Gasteiger partial charge in [-0.15, -0.1) is 0 Å². The molecular weight excluding hydrogens is 769 g/mol. The maximum atomic E-state index is 5.30. The van der Waals surface area contributed by atoms with Crippen molar-refractivity contribution in [1.29, 1.82) is 0 Å². The van der Waals surface area contributed by atoms with E-state index in [0.717, 1.165) is 72.1 Å². The highest BCUT2D eigenvalue weighted by molar-refractivity contribution is 6.27. The third kappa shape index (κ3) is 5.41. The topological polar surface area (TPSA) is 53.5 Å². The molecule has 4 heterocycles. The lowest BCUT2D eigenvalue weighted by Crippen LogP contribution is -2.02. The summed E-state index contributed by atoms with van der Waals surface area (Å²) in [6.45, 7) is 0. The van der Waals surface area contributed by atoms with E-state index in [4.69, 9.17) is 15.0 Å². The summed E-state index contributed by atoms with van der Waals surface area (Å²) in [5.74, 6) is 1.86. The van der Waals surface area contributed by atoms with E-state index in [1.807, 2.05) is 36.4 Å². The zero-order valence-corrected chi connectivity index (χ0v) is 34.0. The van der Waals surface area contributed by atoms with Crippen LogP contribution >= 0.6 is 0 Å². The van der Waals surface area contributed by atoms with Crippen LogP contribution in [0.4, 0.5) is 0 Å². The molecule has 0 aliphatic heterocycles. The van der Waals surface area contributed by atoms with E-state index < -0.39 is 0 Å². The largest absolute Gasteiger partial charge is 0.309 e. The number of fused-ring (bicyclic) bond motifs is 10. The normalized spacial score (nSPS) is 11.8. The van der Waals surface area contributed by atoms with E-state index in [0.29, 0.717) is 17.5 Å². The Balaban J connectivity index is 1.20. The van der Waals surface area contributed by atoms with Crippen LogP contribution in [0.1, 0.15) is 0 Å². The molecule has 0 aliphatic carbocycles. The summed E-state index contributed by atoms with van der Waals surface area (Å²) in [4.78, 5) is 15.7. The van der Waals surface area contributed by atoms with Gasteiger partial charge in [-0.3, -0.25) is 0 Å². The fraction of sp³-hybridized carbons (Fsp3) is 0. The molecule has 13 aromatic rings. The molecule has 4 aromatic heterocycles. The maximum absolute atomic E-state index is 5.30. The summed E-state index contributed by atoms with van der Waals surface area (Å²) >= 11 is 0. The highest BCUT2D eigenvalue weighted by atomic mass is 15.1. The Kier molecular flexibility index (Phi) is 7.80. The molecule has 13 rings (SSSR count). The Morgan fingerprint density at radius 3 is 1.40 bits per heavy atom. The quantitative estimate of drug-likeness (QED) is 0.168. The van der Waals surface area contributed by atoms with Crippen LogP contribution in [0.25, 0.3) is 117 Å². The molecule has 0 fully saturated rings. The molecule has 0 aliphatic rings. The summed E-state index contributed by atoms with van der Waals surface area (Å²) in [5.41, 5.74) is 12.8. The minimum atomic E-state index is 0.611. The predicted molar refractivity (Wildman–Crippen MR) is 259 cm³/mol. The average molecular weight is 805 g/mol. The second kappa shape index (κ2) is 14.0. The van der Waals surface area contributed by atoms with Gasteiger partial charge in [0.2, 0.25) is 0 Å². The van der Waals surface area contributed by atoms with E-state index in [2.05, 4.69) is 196 Å². The Hall–Kier alpha value is -8.61. The number of aromatic nitrogens is 6. The molecule has 0 spiro atoms. The van der Waals surface area contributed by atoms with Crippen LogP contribution in [0.5, 0.6) is 0 Å². The Bertz CT molecular complexity index is 3830. The SMILES string of the molecule is c1ccc(-c2nc(-c3ccccc3)nc(-c3cccc4c5ccc6c(c7ccccc7n6-c6ccccc6)c5n(-c5ccc6c7ccccc7n(-c7ccccc7)c6c5)c34)n2)cc1. The van der Waals surface area contributed by atoms with Crippen LogP contribution in [0.3, 0.4) is 0 Å². The summed E-state index contributed by atoms with van der Waals surface area (Å²) in [6, 6.07) is 77.4. The van der Waals surface area contributed by atoms with E-state index in [1.165, 1.54) is 27.1 Å². The van der Waals surface area contributed by atoms with Gasteiger partial charge in [0.25, 0.3) is 0 Å². The number of nitrogens with zero attached hydrogens (tertiary/aromatic N) is 6. The predicted octanol–water partition coefficient (Wildman–Crippen LogP) is 14.2. The fourth-order valence-corrected chi connectivity index (χ4v) is 9.78. The van der Waals surface area contributed by atoms with Gasteiger partial charge in [-0.2, -0.15) is 0 Å². The third-order valence-electron chi connectivity index (χ3n) is 12.5. The van der Waals surface area contributed by atoms with Crippen LogP contribution in [0.15, 0.2) is 218 Å². The van der Waals surface area contributed by atoms with E-state index >= 15 is 0 Å². The Labute approximate surface area is 362 Å². The minimum Gasteiger partial charge on any atom is -0.309 e. The van der Waals surface area contributed by atoms with Gasteiger partial charge in [0.15, 0.2) is 17.5 Å². The van der Waals surface area contributed by atoms with Crippen LogP contribution < -0.4 is 0 Å². The highest BCUT2D eigenvalue weighted by Crippen LogP contribution is 2.45. The van der Waals surface area contributed by atoms with Crippen LogP contribution in [-0.2, 0) is 0 Å². The Morgan fingerprint density at radius 2 is 0.746 bits per heavy atom. The van der Waals surface area contributed by atoms with E-state index in [9.17, 15) is 0 Å². The van der Waals surface area contributed by atoms with Crippen molar-refractivity contribution in [1.82, 2.24) is 28.7 Å². The first kappa shape index (κ1) is 35.2. The van der Waals surface area contributed by atoms with Crippen molar-refractivity contribution in [2.45, 2.75) is 0 Å². The third-order valence-corrected chi connectivity index (χ3v) is 12.5. The monoisotopic (exact) mass is 804 g/mol. The standard InChI is InChI=1S/C57H36N6/c1-5-18-37(19-6-1)55-58-56(38-20-7-2-8-21-38)60-57(59-55)47-29-17-28-44-45-34-35-50-52(46-27-14-16-31-49(46)61(50)39-22-9-3-10-23-39)54(45)63(53(44)47)41-32-33-43-42-26-13-15-30-48(42)62(51(43)36-41)40-24-11-4-12-25-40/h1-36H. The minimum absolute atomic E-state index is 0.611. The molecule has 0 bridgehead atoms. The van der Waals surface area contributed by atoms with Gasteiger partial charge in [0.05, 0.1) is 33.1 Å². The molecule has 0 radical (unpaired) electrons. The second-order valence-corrected chi connectivity index (χ2v) is 16.0. The first-order valence-electron chi connectivity index (χ1n) is 21.3. The lowest BCUT2D eigenvalue weighted by molar-refractivity contribution is 1.07. The molecule has 0 saturated heterocycles. The van der Waals surface area contributed by atoms with Crippen LogP contribution in [0, 0.1) is 0 Å². The average Bonchev–Trinajstić information content (AvgIpc) is 4.00. The number of rotatable bonds is 6. The molecule has 0 N–H and O–H groups in total. The summed E-state index contributed by atoms with van der Waals surface area (Å²) in [6.07, 6.45) is 0. The summed E-state index contributed by atoms with van der Waals surface area (Å²) in [5, 5.41) is 7.05. The number of hydrogen-bond acceptors (Lipinski definition) is 3. The van der Waals surface area contributed by atoms with Gasteiger partial charge in [-0.05, 0) is 60.7 Å². The molecule has 0 unspecified atom stereocenters. The Morgan fingerprint density at radius 1 is 0.270 bits per heavy atom. The van der Waals surface area contributed by atoms with Crippen molar-refractivity contribution < 1.29 is 0 Å². The summed E-state index contributed by atoms with van der Waals surface area (Å²) < 4.78 is 7.27.